The van der Waals surface area contributed by atoms with Crippen LogP contribution in [0.1, 0.15) is 37.3 Å². The minimum Gasteiger partial charge on any atom is -0.376 e. The molecular formula is C12H22N4O2. The average molecular weight is 254 g/mol. The Morgan fingerprint density at radius 1 is 1.61 bits per heavy atom. The van der Waals surface area contributed by atoms with Crippen LogP contribution in [0.4, 0.5) is 0 Å². The summed E-state index contributed by atoms with van der Waals surface area (Å²) >= 11 is 0. The van der Waals surface area contributed by atoms with E-state index in [1.165, 1.54) is 0 Å². The molecular weight excluding hydrogens is 232 g/mol. The van der Waals surface area contributed by atoms with Crippen molar-refractivity contribution in [3.63, 3.8) is 0 Å². The average Bonchev–Trinajstić information content (AvgIpc) is 3.00. The van der Waals surface area contributed by atoms with E-state index in [1.807, 2.05) is 18.7 Å². The third kappa shape index (κ3) is 2.88. The van der Waals surface area contributed by atoms with E-state index >= 15 is 0 Å². The van der Waals surface area contributed by atoms with Gasteiger partial charge in [-0.1, -0.05) is 5.21 Å². The molecule has 1 aromatic heterocycles. The lowest BCUT2D eigenvalue weighted by Gasteiger charge is -2.16. The summed E-state index contributed by atoms with van der Waals surface area (Å²) in [6.45, 7) is 4.34. The first-order chi connectivity index (χ1) is 8.76. The van der Waals surface area contributed by atoms with Gasteiger partial charge in [0.15, 0.2) is 0 Å². The number of rotatable bonds is 6. The maximum absolute atomic E-state index is 5.65. The van der Waals surface area contributed by atoms with Gasteiger partial charge in [0.05, 0.1) is 24.4 Å². The van der Waals surface area contributed by atoms with E-state index < -0.39 is 0 Å². The fraction of sp³-hybridized carbons (Fsp3) is 0.833. The molecule has 2 heterocycles. The minimum absolute atomic E-state index is 0.00949. The van der Waals surface area contributed by atoms with Crippen molar-refractivity contribution in [2.45, 2.75) is 45.1 Å². The van der Waals surface area contributed by atoms with Crippen LogP contribution < -0.4 is 5.32 Å². The van der Waals surface area contributed by atoms with Gasteiger partial charge in [-0.05, 0) is 26.8 Å². The van der Waals surface area contributed by atoms with Crippen LogP contribution in [0.15, 0.2) is 0 Å². The van der Waals surface area contributed by atoms with Crippen molar-refractivity contribution >= 4 is 0 Å². The second kappa shape index (κ2) is 6.26. The minimum atomic E-state index is -0.00949. The summed E-state index contributed by atoms with van der Waals surface area (Å²) < 4.78 is 13.0. The summed E-state index contributed by atoms with van der Waals surface area (Å²) in [5.74, 6) is 0. The van der Waals surface area contributed by atoms with E-state index in [0.29, 0.717) is 6.54 Å². The molecule has 2 unspecified atom stereocenters. The number of nitrogens with one attached hydrogen (secondary N) is 1. The monoisotopic (exact) mass is 254 g/mol. The predicted octanol–water partition coefficient (Wildman–Crippen LogP) is 0.884. The molecule has 6 heteroatoms. The molecule has 0 aliphatic carbocycles. The van der Waals surface area contributed by atoms with Crippen LogP contribution in [0.25, 0.3) is 0 Å². The Kier molecular flexibility index (Phi) is 4.68. The molecule has 6 nitrogen and oxygen atoms in total. The van der Waals surface area contributed by atoms with Crippen LogP contribution in [0.2, 0.25) is 0 Å². The number of nitrogens with zero attached hydrogens (tertiary/aromatic N) is 3. The molecule has 0 amide bonds. The van der Waals surface area contributed by atoms with Crippen LogP contribution in [0, 0.1) is 0 Å². The van der Waals surface area contributed by atoms with E-state index in [2.05, 4.69) is 15.6 Å². The molecule has 102 valence electrons. The van der Waals surface area contributed by atoms with Gasteiger partial charge in [0.1, 0.15) is 5.69 Å². The van der Waals surface area contributed by atoms with E-state index in [9.17, 15) is 0 Å². The van der Waals surface area contributed by atoms with E-state index in [4.69, 9.17) is 9.47 Å². The lowest BCUT2D eigenvalue weighted by atomic mass is 10.2. The topological polar surface area (TPSA) is 61.2 Å². The molecule has 2 rings (SSSR count). The molecule has 18 heavy (non-hydrogen) atoms. The van der Waals surface area contributed by atoms with Gasteiger partial charge >= 0.3 is 0 Å². The Morgan fingerprint density at radius 2 is 2.44 bits per heavy atom. The summed E-state index contributed by atoms with van der Waals surface area (Å²) in [6.07, 6.45) is 2.49. The van der Waals surface area contributed by atoms with E-state index in [0.717, 1.165) is 37.4 Å². The Hall–Kier alpha value is -0.980. The van der Waals surface area contributed by atoms with Gasteiger partial charge in [-0.25, -0.2) is 4.68 Å². The first-order valence-corrected chi connectivity index (χ1v) is 6.47. The molecule has 1 N–H and O–H groups in total. The maximum Gasteiger partial charge on any atom is 0.102 e. The Bertz CT molecular complexity index is 374. The van der Waals surface area contributed by atoms with Crippen LogP contribution >= 0.6 is 0 Å². The third-order valence-electron chi connectivity index (χ3n) is 3.33. The highest BCUT2D eigenvalue weighted by molar-refractivity contribution is 5.13. The van der Waals surface area contributed by atoms with Crippen LogP contribution in [-0.2, 0) is 22.6 Å². The van der Waals surface area contributed by atoms with Gasteiger partial charge in [-0.2, -0.15) is 0 Å². The standard InChI is InChI=1S/C12H22N4O2/c1-9(17-3)12-11(7-13-2)14-15-16(12)8-10-5-4-6-18-10/h9-10,13H,4-8H2,1-3H3. The molecule has 1 aromatic rings. The fourth-order valence-electron chi connectivity index (χ4n) is 2.32. The van der Waals surface area contributed by atoms with Gasteiger partial charge < -0.3 is 14.8 Å². The Balaban J connectivity index is 2.16. The van der Waals surface area contributed by atoms with E-state index in [1.54, 1.807) is 7.11 Å². The summed E-state index contributed by atoms with van der Waals surface area (Å²) in [7, 11) is 3.61. The third-order valence-corrected chi connectivity index (χ3v) is 3.33. The van der Waals surface area contributed by atoms with Gasteiger partial charge in [0, 0.05) is 20.3 Å². The summed E-state index contributed by atoms with van der Waals surface area (Å²) in [6, 6.07) is 0. The van der Waals surface area contributed by atoms with Gasteiger partial charge in [0.2, 0.25) is 0 Å². The van der Waals surface area contributed by atoms with Crippen molar-refractivity contribution in [1.82, 2.24) is 20.3 Å². The second-order valence-corrected chi connectivity index (χ2v) is 4.65. The zero-order valence-electron chi connectivity index (χ0n) is 11.3. The van der Waals surface area contributed by atoms with Crippen LogP contribution in [0.3, 0.4) is 0 Å². The molecule has 1 saturated heterocycles. The first-order valence-electron chi connectivity index (χ1n) is 6.47. The smallest absolute Gasteiger partial charge is 0.102 e. The van der Waals surface area contributed by atoms with Crippen LogP contribution in [0.5, 0.6) is 0 Å². The molecule has 0 bridgehead atoms. The molecule has 2 atom stereocenters. The predicted molar refractivity (Wildman–Crippen MR) is 67.2 cm³/mol. The second-order valence-electron chi connectivity index (χ2n) is 4.65. The lowest BCUT2D eigenvalue weighted by Crippen LogP contribution is -2.20. The largest absolute Gasteiger partial charge is 0.376 e. The first kappa shape index (κ1) is 13.5. The van der Waals surface area contributed by atoms with Gasteiger partial charge in [-0.15, -0.1) is 5.10 Å². The number of aromatic nitrogens is 3. The van der Waals surface area contributed by atoms with Crippen molar-refractivity contribution in [2.75, 3.05) is 20.8 Å². The Morgan fingerprint density at radius 3 is 3.06 bits per heavy atom. The van der Waals surface area contributed by atoms with Crippen molar-refractivity contribution in [1.29, 1.82) is 0 Å². The molecule has 1 aliphatic rings. The summed E-state index contributed by atoms with van der Waals surface area (Å²) in [4.78, 5) is 0. The van der Waals surface area contributed by atoms with Crippen molar-refractivity contribution in [3.05, 3.63) is 11.4 Å². The van der Waals surface area contributed by atoms with Crippen LogP contribution in [-0.4, -0.2) is 41.9 Å². The summed E-state index contributed by atoms with van der Waals surface area (Å²) in [5.41, 5.74) is 1.99. The van der Waals surface area contributed by atoms with Gasteiger partial charge in [0.25, 0.3) is 0 Å². The molecule has 0 spiro atoms. The maximum atomic E-state index is 5.65. The number of methoxy groups -OCH3 is 1. The molecule has 0 radical (unpaired) electrons. The number of hydrogen-bond donors (Lipinski definition) is 1. The highest BCUT2D eigenvalue weighted by atomic mass is 16.5. The van der Waals surface area contributed by atoms with E-state index in [-0.39, 0.29) is 12.2 Å². The van der Waals surface area contributed by atoms with Crippen molar-refractivity contribution in [3.8, 4) is 0 Å². The zero-order chi connectivity index (χ0) is 13.0. The normalized spacial score (nSPS) is 21.4. The zero-order valence-corrected chi connectivity index (χ0v) is 11.3. The quantitative estimate of drug-likeness (QED) is 0.816. The highest BCUT2D eigenvalue weighted by Crippen LogP contribution is 2.21. The molecule has 1 aliphatic heterocycles. The molecule has 1 fully saturated rings. The summed E-state index contributed by atoms with van der Waals surface area (Å²) in [5, 5.41) is 11.6. The highest BCUT2D eigenvalue weighted by Gasteiger charge is 2.23. The molecule has 0 saturated carbocycles. The fourth-order valence-corrected chi connectivity index (χ4v) is 2.32. The number of hydrogen-bond acceptors (Lipinski definition) is 5. The molecule has 0 aromatic carbocycles. The Labute approximate surface area is 108 Å². The number of ether oxygens (including phenoxy) is 2. The van der Waals surface area contributed by atoms with Crippen molar-refractivity contribution < 1.29 is 9.47 Å². The SMILES string of the molecule is CNCc1nnn(CC2CCCO2)c1C(C)OC. The van der Waals surface area contributed by atoms with Crippen molar-refractivity contribution in [2.24, 2.45) is 0 Å². The lowest BCUT2D eigenvalue weighted by molar-refractivity contribution is 0.0819. The van der Waals surface area contributed by atoms with Gasteiger partial charge in [-0.3, -0.25) is 0 Å².